The van der Waals surface area contributed by atoms with Gasteiger partial charge in [0.05, 0.1) is 5.69 Å². The summed E-state index contributed by atoms with van der Waals surface area (Å²) in [6.45, 7) is 4.20. The van der Waals surface area contributed by atoms with Gasteiger partial charge in [-0.1, -0.05) is 18.2 Å². The second-order valence-corrected chi connectivity index (χ2v) is 6.11. The van der Waals surface area contributed by atoms with Crippen molar-refractivity contribution in [2.75, 3.05) is 14.1 Å². The van der Waals surface area contributed by atoms with E-state index in [2.05, 4.69) is 61.2 Å². The molecule has 0 amide bonds. The number of aromatic amines is 1. The third kappa shape index (κ3) is 2.16. The number of H-pyrrole nitrogens is 1. The molecule has 1 N–H and O–H groups in total. The van der Waals surface area contributed by atoms with Gasteiger partial charge >= 0.3 is 0 Å². The molecule has 0 bridgehead atoms. The van der Waals surface area contributed by atoms with Crippen LogP contribution in [0.4, 0.5) is 0 Å². The summed E-state index contributed by atoms with van der Waals surface area (Å²) in [5.74, 6) is 0. The topological polar surface area (TPSA) is 31.9 Å². The first-order chi connectivity index (χ1) is 9.58. The molecule has 1 atom stereocenters. The molecule has 0 radical (unpaired) electrons. The van der Waals surface area contributed by atoms with Crippen LogP contribution >= 0.6 is 0 Å². The van der Waals surface area contributed by atoms with Crippen LogP contribution in [0, 0.1) is 13.8 Å². The fourth-order valence-corrected chi connectivity index (χ4v) is 3.41. The summed E-state index contributed by atoms with van der Waals surface area (Å²) in [6.07, 6.45) is 3.57. The van der Waals surface area contributed by atoms with Crippen molar-refractivity contribution in [3.8, 4) is 11.1 Å². The second-order valence-electron chi connectivity index (χ2n) is 6.11. The van der Waals surface area contributed by atoms with Crippen molar-refractivity contribution in [1.82, 2.24) is 15.1 Å². The van der Waals surface area contributed by atoms with E-state index >= 15 is 0 Å². The summed E-state index contributed by atoms with van der Waals surface area (Å²) in [5, 5.41) is 7.46. The molecule has 1 heterocycles. The van der Waals surface area contributed by atoms with Crippen LogP contribution < -0.4 is 0 Å². The van der Waals surface area contributed by atoms with E-state index in [9.17, 15) is 0 Å². The minimum Gasteiger partial charge on any atom is -0.306 e. The Kier molecular flexibility index (Phi) is 3.38. The fraction of sp³-hybridized carbons (Fsp3) is 0.471. The van der Waals surface area contributed by atoms with Crippen molar-refractivity contribution >= 4 is 0 Å². The molecule has 106 valence electrons. The van der Waals surface area contributed by atoms with Crippen LogP contribution in [0.25, 0.3) is 11.1 Å². The molecule has 1 aromatic heterocycles. The average molecular weight is 269 g/mol. The minimum absolute atomic E-state index is 0.671. The number of aromatic nitrogens is 2. The predicted molar refractivity (Wildman–Crippen MR) is 83.0 cm³/mol. The van der Waals surface area contributed by atoms with Crippen LogP contribution in [-0.2, 0) is 12.8 Å². The Labute approximate surface area is 121 Å². The Balaban J connectivity index is 2.06. The molecule has 3 nitrogen and oxygen atoms in total. The van der Waals surface area contributed by atoms with Crippen LogP contribution in [0.2, 0.25) is 0 Å². The van der Waals surface area contributed by atoms with Gasteiger partial charge in [-0.3, -0.25) is 5.10 Å². The summed E-state index contributed by atoms with van der Waals surface area (Å²) in [4.78, 5) is 2.35. The van der Waals surface area contributed by atoms with Gasteiger partial charge in [0.25, 0.3) is 0 Å². The van der Waals surface area contributed by atoms with Gasteiger partial charge in [0.15, 0.2) is 0 Å². The van der Waals surface area contributed by atoms with Gasteiger partial charge < -0.3 is 4.90 Å². The first-order valence-electron chi connectivity index (χ1n) is 7.37. The molecule has 0 aliphatic heterocycles. The maximum absolute atomic E-state index is 4.35. The Morgan fingerprint density at radius 3 is 2.70 bits per heavy atom. The fourth-order valence-electron chi connectivity index (χ4n) is 3.41. The first kappa shape index (κ1) is 13.4. The molecule has 20 heavy (non-hydrogen) atoms. The smallest absolute Gasteiger partial charge is 0.0672 e. The van der Waals surface area contributed by atoms with Crippen molar-refractivity contribution in [1.29, 1.82) is 0 Å². The number of nitrogens with one attached hydrogen (secondary N) is 1. The zero-order chi connectivity index (χ0) is 14.3. The molecule has 0 spiro atoms. The number of fused-ring (bicyclic) bond motifs is 1. The summed E-state index contributed by atoms with van der Waals surface area (Å²) in [7, 11) is 4.37. The lowest BCUT2D eigenvalue weighted by Gasteiger charge is -2.31. The number of rotatable bonds is 2. The van der Waals surface area contributed by atoms with Crippen molar-refractivity contribution in [3.63, 3.8) is 0 Å². The molecule has 0 fully saturated rings. The normalized spacial score (nSPS) is 18.4. The van der Waals surface area contributed by atoms with Crippen molar-refractivity contribution < 1.29 is 0 Å². The molecular formula is C17H23N3. The maximum Gasteiger partial charge on any atom is 0.0672 e. The molecular weight excluding hydrogens is 246 g/mol. The van der Waals surface area contributed by atoms with Crippen molar-refractivity contribution in [2.45, 2.75) is 39.2 Å². The van der Waals surface area contributed by atoms with Gasteiger partial charge in [-0.05, 0) is 63.9 Å². The lowest BCUT2D eigenvalue weighted by Crippen LogP contribution is -2.33. The molecule has 0 saturated heterocycles. The van der Waals surface area contributed by atoms with E-state index in [1.807, 2.05) is 0 Å². The quantitative estimate of drug-likeness (QED) is 0.908. The summed E-state index contributed by atoms with van der Waals surface area (Å²) >= 11 is 0. The average Bonchev–Trinajstić information content (AvgIpc) is 2.77. The van der Waals surface area contributed by atoms with E-state index < -0.39 is 0 Å². The zero-order valence-electron chi connectivity index (χ0n) is 12.8. The Hall–Kier alpha value is -1.61. The molecule has 1 aromatic carbocycles. The first-order valence-corrected chi connectivity index (χ1v) is 7.37. The highest BCUT2D eigenvalue weighted by atomic mass is 15.1. The lowest BCUT2D eigenvalue weighted by atomic mass is 9.83. The number of nitrogens with zero attached hydrogens (tertiary/aromatic N) is 2. The zero-order valence-corrected chi connectivity index (χ0v) is 12.8. The van der Waals surface area contributed by atoms with Gasteiger partial charge in [0.2, 0.25) is 0 Å². The van der Waals surface area contributed by atoms with E-state index in [4.69, 9.17) is 0 Å². The molecule has 3 rings (SSSR count). The van der Waals surface area contributed by atoms with Crippen molar-refractivity contribution in [3.05, 3.63) is 40.7 Å². The van der Waals surface area contributed by atoms with Crippen LogP contribution in [0.1, 0.15) is 28.9 Å². The lowest BCUT2D eigenvalue weighted by molar-refractivity contribution is 0.268. The van der Waals surface area contributed by atoms with E-state index in [-0.39, 0.29) is 0 Å². The molecule has 0 unspecified atom stereocenters. The van der Waals surface area contributed by atoms with Crippen LogP contribution in [0.5, 0.6) is 0 Å². The predicted octanol–water partition coefficient (Wildman–Crippen LogP) is 3.11. The van der Waals surface area contributed by atoms with Gasteiger partial charge in [-0.25, -0.2) is 0 Å². The third-order valence-corrected chi connectivity index (χ3v) is 4.58. The van der Waals surface area contributed by atoms with Gasteiger partial charge in [0.1, 0.15) is 0 Å². The largest absolute Gasteiger partial charge is 0.306 e. The molecule has 1 aliphatic rings. The number of hydrogen-bond donors (Lipinski definition) is 1. The summed E-state index contributed by atoms with van der Waals surface area (Å²) in [5.41, 5.74) is 7.98. The highest BCUT2D eigenvalue weighted by Gasteiger charge is 2.23. The number of likely N-dealkylation sites (N-methyl/N-ethyl adjacent to an activating group) is 1. The second kappa shape index (κ2) is 5.06. The minimum atomic E-state index is 0.671. The Bertz CT molecular complexity index is 606. The maximum atomic E-state index is 4.35. The van der Waals surface area contributed by atoms with E-state index in [0.29, 0.717) is 6.04 Å². The highest BCUT2D eigenvalue weighted by molar-refractivity contribution is 5.73. The van der Waals surface area contributed by atoms with Crippen LogP contribution in [-0.4, -0.2) is 35.2 Å². The van der Waals surface area contributed by atoms with Gasteiger partial charge in [0, 0.05) is 17.3 Å². The standard InChI is InChI=1S/C17H23N3/c1-11-17(12(2)19-18-11)16-7-5-6-13-10-14(20(3)4)8-9-15(13)16/h5-7,14H,8-10H2,1-4H3,(H,18,19)/t14-/m0/s1. The van der Waals surface area contributed by atoms with Gasteiger partial charge in [-0.15, -0.1) is 0 Å². The SMILES string of the molecule is Cc1n[nH]c(C)c1-c1cccc2c1CC[C@H](N(C)C)C2. The number of hydrogen-bond acceptors (Lipinski definition) is 2. The molecule has 1 aliphatic carbocycles. The summed E-state index contributed by atoms with van der Waals surface area (Å²) < 4.78 is 0. The Morgan fingerprint density at radius 2 is 2.05 bits per heavy atom. The molecule has 2 aromatic rings. The van der Waals surface area contributed by atoms with Crippen LogP contribution in [0.3, 0.4) is 0 Å². The van der Waals surface area contributed by atoms with Gasteiger partial charge in [-0.2, -0.15) is 5.10 Å². The summed E-state index contributed by atoms with van der Waals surface area (Å²) in [6, 6.07) is 7.40. The number of benzene rings is 1. The number of aryl methyl sites for hydroxylation is 2. The van der Waals surface area contributed by atoms with Crippen molar-refractivity contribution in [2.24, 2.45) is 0 Å². The van der Waals surface area contributed by atoms with E-state index in [1.54, 1.807) is 0 Å². The van der Waals surface area contributed by atoms with Crippen LogP contribution in [0.15, 0.2) is 18.2 Å². The van der Waals surface area contributed by atoms with E-state index in [1.165, 1.54) is 40.8 Å². The molecule has 3 heteroatoms. The molecule has 0 saturated carbocycles. The monoisotopic (exact) mass is 269 g/mol. The van der Waals surface area contributed by atoms with E-state index in [0.717, 1.165) is 12.1 Å². The third-order valence-electron chi connectivity index (χ3n) is 4.58. The highest BCUT2D eigenvalue weighted by Crippen LogP contribution is 2.34. The Morgan fingerprint density at radius 1 is 1.25 bits per heavy atom.